The van der Waals surface area contributed by atoms with Gasteiger partial charge in [-0.15, -0.1) is 0 Å². The second kappa shape index (κ2) is 7.20. The molecule has 6 heteroatoms. The standard InChI is InChI=1S/C20H28ClN3O2/c1-14(2)23-10-16-11-24(13-20(16,12-23)19(26)22(3)4)18(25)9-15-5-7-17(21)8-6-15/h5-8,14,16H,9-13H2,1-4H3/t16-,20-/m0/s1. The molecule has 2 saturated heterocycles. The molecule has 5 nitrogen and oxygen atoms in total. The molecule has 0 radical (unpaired) electrons. The van der Waals surface area contributed by atoms with Crippen LogP contribution in [-0.2, 0) is 16.0 Å². The minimum atomic E-state index is -0.469. The first-order valence-electron chi connectivity index (χ1n) is 9.21. The first kappa shape index (κ1) is 19.2. The average molecular weight is 378 g/mol. The fourth-order valence-electron chi connectivity index (χ4n) is 4.32. The number of hydrogen-bond acceptors (Lipinski definition) is 3. The summed E-state index contributed by atoms with van der Waals surface area (Å²) in [5.74, 6) is 0.435. The molecule has 2 fully saturated rings. The third kappa shape index (κ3) is 3.47. The van der Waals surface area contributed by atoms with Gasteiger partial charge in [-0.3, -0.25) is 14.5 Å². The summed E-state index contributed by atoms with van der Waals surface area (Å²) in [6.07, 6.45) is 0.351. The summed E-state index contributed by atoms with van der Waals surface area (Å²) in [5.41, 5.74) is 0.483. The lowest BCUT2D eigenvalue weighted by Crippen LogP contribution is -2.48. The highest BCUT2D eigenvalue weighted by molar-refractivity contribution is 6.30. The molecule has 0 aromatic heterocycles. The number of halogens is 1. The molecule has 1 aromatic carbocycles. The highest BCUT2D eigenvalue weighted by Gasteiger charge is 2.58. The van der Waals surface area contributed by atoms with Crippen LogP contribution in [0.2, 0.25) is 5.02 Å². The Balaban J connectivity index is 1.76. The summed E-state index contributed by atoms with van der Waals surface area (Å²) >= 11 is 5.92. The van der Waals surface area contributed by atoms with Gasteiger partial charge in [0.25, 0.3) is 0 Å². The lowest BCUT2D eigenvalue weighted by Gasteiger charge is -2.31. The van der Waals surface area contributed by atoms with E-state index in [-0.39, 0.29) is 17.7 Å². The van der Waals surface area contributed by atoms with Gasteiger partial charge in [0, 0.05) is 57.3 Å². The predicted molar refractivity (Wildman–Crippen MR) is 103 cm³/mol. The van der Waals surface area contributed by atoms with E-state index in [0.29, 0.717) is 30.6 Å². The molecule has 0 unspecified atom stereocenters. The molecular formula is C20H28ClN3O2. The van der Waals surface area contributed by atoms with Crippen molar-refractivity contribution < 1.29 is 9.59 Å². The van der Waals surface area contributed by atoms with Crippen LogP contribution in [0.5, 0.6) is 0 Å². The second-order valence-electron chi connectivity index (χ2n) is 8.15. The highest BCUT2D eigenvalue weighted by atomic mass is 35.5. The maximum absolute atomic E-state index is 13.0. The van der Waals surface area contributed by atoms with E-state index in [1.807, 2.05) is 31.1 Å². The molecule has 2 heterocycles. The molecule has 142 valence electrons. The van der Waals surface area contributed by atoms with Crippen LogP contribution in [0, 0.1) is 11.3 Å². The molecule has 2 aliphatic heterocycles. The fourth-order valence-corrected chi connectivity index (χ4v) is 4.45. The van der Waals surface area contributed by atoms with E-state index in [1.165, 1.54) is 0 Å². The summed E-state index contributed by atoms with van der Waals surface area (Å²) in [6.45, 7) is 7.12. The van der Waals surface area contributed by atoms with Crippen molar-refractivity contribution in [3.05, 3.63) is 34.9 Å². The number of rotatable bonds is 4. The first-order chi connectivity index (χ1) is 12.2. The zero-order chi connectivity index (χ0) is 19.1. The number of likely N-dealkylation sites (tertiary alicyclic amines) is 2. The van der Waals surface area contributed by atoms with Crippen LogP contribution in [0.25, 0.3) is 0 Å². The maximum atomic E-state index is 13.0. The van der Waals surface area contributed by atoms with Gasteiger partial charge < -0.3 is 9.80 Å². The van der Waals surface area contributed by atoms with Crippen molar-refractivity contribution >= 4 is 23.4 Å². The number of carbonyl (C=O) groups is 2. The zero-order valence-corrected chi connectivity index (χ0v) is 16.8. The van der Waals surface area contributed by atoms with Gasteiger partial charge in [0.05, 0.1) is 11.8 Å². The summed E-state index contributed by atoms with van der Waals surface area (Å²) in [5, 5.41) is 0.668. The number of benzene rings is 1. The third-order valence-corrected chi connectivity index (χ3v) is 6.07. The molecule has 0 aliphatic carbocycles. The fraction of sp³-hybridized carbons (Fsp3) is 0.600. The number of nitrogens with zero attached hydrogens (tertiary/aromatic N) is 3. The topological polar surface area (TPSA) is 43.9 Å². The van der Waals surface area contributed by atoms with Crippen LogP contribution in [0.4, 0.5) is 0 Å². The van der Waals surface area contributed by atoms with Gasteiger partial charge in [0.15, 0.2) is 0 Å². The van der Waals surface area contributed by atoms with Gasteiger partial charge in [0.2, 0.25) is 11.8 Å². The minimum Gasteiger partial charge on any atom is -0.348 e. The summed E-state index contributed by atoms with van der Waals surface area (Å²) in [4.78, 5) is 31.8. The largest absolute Gasteiger partial charge is 0.348 e. The Hall–Kier alpha value is -1.59. The first-order valence-corrected chi connectivity index (χ1v) is 9.59. The molecule has 0 N–H and O–H groups in total. The van der Waals surface area contributed by atoms with Crippen molar-refractivity contribution in [2.75, 3.05) is 40.3 Å². The Kier molecular flexibility index (Phi) is 5.31. The van der Waals surface area contributed by atoms with Crippen LogP contribution in [0.3, 0.4) is 0 Å². The quantitative estimate of drug-likeness (QED) is 0.807. The van der Waals surface area contributed by atoms with E-state index in [1.54, 1.807) is 17.0 Å². The van der Waals surface area contributed by atoms with Crippen LogP contribution >= 0.6 is 11.6 Å². The van der Waals surface area contributed by atoms with E-state index in [2.05, 4.69) is 18.7 Å². The zero-order valence-electron chi connectivity index (χ0n) is 16.0. The van der Waals surface area contributed by atoms with Gasteiger partial charge in [-0.25, -0.2) is 0 Å². The van der Waals surface area contributed by atoms with E-state index >= 15 is 0 Å². The molecule has 2 atom stereocenters. The van der Waals surface area contributed by atoms with Gasteiger partial charge >= 0.3 is 0 Å². The Morgan fingerprint density at radius 3 is 2.42 bits per heavy atom. The Bertz CT molecular complexity index is 689. The van der Waals surface area contributed by atoms with Gasteiger partial charge in [0.1, 0.15) is 0 Å². The van der Waals surface area contributed by atoms with Crippen LogP contribution < -0.4 is 0 Å². The molecule has 1 aromatic rings. The van der Waals surface area contributed by atoms with Crippen molar-refractivity contribution in [2.24, 2.45) is 11.3 Å². The molecular weight excluding hydrogens is 350 g/mol. The van der Waals surface area contributed by atoms with Crippen LogP contribution in [-0.4, -0.2) is 72.8 Å². The van der Waals surface area contributed by atoms with Crippen LogP contribution in [0.1, 0.15) is 19.4 Å². The molecule has 0 bridgehead atoms. The minimum absolute atomic E-state index is 0.0868. The van der Waals surface area contributed by atoms with Gasteiger partial charge in [-0.05, 0) is 31.5 Å². The van der Waals surface area contributed by atoms with Crippen molar-refractivity contribution in [3.63, 3.8) is 0 Å². The molecule has 0 spiro atoms. The lowest BCUT2D eigenvalue weighted by atomic mass is 9.79. The summed E-state index contributed by atoms with van der Waals surface area (Å²) in [6, 6.07) is 7.79. The van der Waals surface area contributed by atoms with Crippen molar-refractivity contribution in [1.82, 2.24) is 14.7 Å². The molecule has 2 amide bonds. The normalized spacial score (nSPS) is 25.6. The molecule has 2 aliphatic rings. The number of hydrogen-bond donors (Lipinski definition) is 0. The SMILES string of the molecule is CC(C)N1C[C@H]2CN(C(=O)Cc3ccc(Cl)cc3)C[C@@]2(C(=O)N(C)C)C1. The van der Waals surface area contributed by atoms with Gasteiger partial charge in [-0.1, -0.05) is 23.7 Å². The molecule has 3 rings (SSSR count). The summed E-state index contributed by atoms with van der Waals surface area (Å²) < 4.78 is 0. The number of carbonyl (C=O) groups excluding carboxylic acids is 2. The smallest absolute Gasteiger partial charge is 0.231 e. The predicted octanol–water partition coefficient (Wildman–Crippen LogP) is 2.14. The van der Waals surface area contributed by atoms with E-state index in [4.69, 9.17) is 11.6 Å². The van der Waals surface area contributed by atoms with Crippen molar-refractivity contribution in [3.8, 4) is 0 Å². The highest BCUT2D eigenvalue weighted by Crippen LogP contribution is 2.44. The molecule has 0 saturated carbocycles. The Morgan fingerprint density at radius 2 is 1.85 bits per heavy atom. The van der Waals surface area contributed by atoms with Gasteiger partial charge in [-0.2, -0.15) is 0 Å². The van der Waals surface area contributed by atoms with E-state index in [9.17, 15) is 9.59 Å². The molecule has 26 heavy (non-hydrogen) atoms. The van der Waals surface area contributed by atoms with E-state index in [0.717, 1.165) is 18.7 Å². The van der Waals surface area contributed by atoms with Crippen molar-refractivity contribution in [1.29, 1.82) is 0 Å². The Labute approximate surface area is 160 Å². The number of fused-ring (bicyclic) bond motifs is 1. The average Bonchev–Trinajstić information content (AvgIpc) is 3.11. The maximum Gasteiger partial charge on any atom is 0.231 e. The Morgan fingerprint density at radius 1 is 1.19 bits per heavy atom. The monoisotopic (exact) mass is 377 g/mol. The van der Waals surface area contributed by atoms with E-state index < -0.39 is 5.41 Å². The number of amides is 2. The van der Waals surface area contributed by atoms with Crippen molar-refractivity contribution in [2.45, 2.75) is 26.3 Å². The second-order valence-corrected chi connectivity index (χ2v) is 8.59. The summed E-state index contributed by atoms with van der Waals surface area (Å²) in [7, 11) is 3.62. The third-order valence-electron chi connectivity index (χ3n) is 5.82. The lowest BCUT2D eigenvalue weighted by molar-refractivity contribution is -0.140. The van der Waals surface area contributed by atoms with Crippen LogP contribution in [0.15, 0.2) is 24.3 Å².